The molecule has 0 aliphatic heterocycles. The molecule has 15 heavy (non-hydrogen) atoms. The summed E-state index contributed by atoms with van der Waals surface area (Å²) in [5.41, 5.74) is 1.17. The molecule has 4 heteroatoms. The first-order chi connectivity index (χ1) is 7.07. The van der Waals surface area contributed by atoms with Gasteiger partial charge in [-0.3, -0.25) is 0 Å². The summed E-state index contributed by atoms with van der Waals surface area (Å²) in [6.07, 6.45) is 3.20. The van der Waals surface area contributed by atoms with E-state index in [1.165, 1.54) is 10.7 Å². The van der Waals surface area contributed by atoms with Crippen LogP contribution in [0.25, 0.3) is 0 Å². The molecule has 0 amide bonds. The summed E-state index contributed by atoms with van der Waals surface area (Å²) in [5.74, 6) is 0. The van der Waals surface area contributed by atoms with E-state index >= 15 is 0 Å². The summed E-state index contributed by atoms with van der Waals surface area (Å²) in [6.45, 7) is 8.56. The minimum Gasteiger partial charge on any atom is -0.310 e. The molecule has 0 aliphatic rings. The summed E-state index contributed by atoms with van der Waals surface area (Å²) in [7, 11) is 0. The Morgan fingerprint density at radius 1 is 1.53 bits per heavy atom. The van der Waals surface area contributed by atoms with Crippen molar-refractivity contribution >= 4 is 23.1 Å². The molecule has 0 fully saturated rings. The fourth-order valence-corrected chi connectivity index (χ4v) is 2.15. The lowest BCUT2D eigenvalue weighted by molar-refractivity contribution is 0.586. The first kappa shape index (κ1) is 13.0. The average Bonchev–Trinajstić information content (AvgIpc) is 2.66. The second kappa shape index (κ2) is 5.87. The van der Waals surface area contributed by atoms with E-state index in [1.54, 1.807) is 11.3 Å². The Hall–Kier alpha value is -0.0600. The molecule has 0 aliphatic carbocycles. The highest BCUT2D eigenvalue weighted by molar-refractivity contribution is 7.99. The molecule has 0 saturated heterocycles. The second-order valence-corrected chi connectivity index (χ2v) is 6.61. The number of thioether (sulfide) groups is 1. The van der Waals surface area contributed by atoms with Gasteiger partial charge in [0.25, 0.3) is 0 Å². The normalized spacial score (nSPS) is 12.0. The van der Waals surface area contributed by atoms with E-state index in [0.29, 0.717) is 4.75 Å². The molecule has 0 aromatic carbocycles. The van der Waals surface area contributed by atoms with E-state index in [4.69, 9.17) is 0 Å². The van der Waals surface area contributed by atoms with Crippen LogP contribution in [0.15, 0.2) is 5.38 Å². The van der Waals surface area contributed by atoms with Crippen LogP contribution in [0.3, 0.4) is 0 Å². The fourth-order valence-electron chi connectivity index (χ4n) is 1.16. The monoisotopic (exact) mass is 244 g/mol. The minimum atomic E-state index is 0.309. The Kier molecular flexibility index (Phi) is 5.09. The van der Waals surface area contributed by atoms with E-state index in [2.05, 4.69) is 42.7 Å². The number of thiazole rings is 1. The molecule has 0 bridgehead atoms. The number of hydrogen-bond donors (Lipinski definition) is 1. The highest BCUT2D eigenvalue weighted by Crippen LogP contribution is 2.19. The van der Waals surface area contributed by atoms with Gasteiger partial charge in [-0.05, 0) is 26.5 Å². The van der Waals surface area contributed by atoms with Crippen LogP contribution in [-0.2, 0) is 13.0 Å². The fraction of sp³-hybridized carbons (Fsp3) is 0.727. The van der Waals surface area contributed by atoms with Crippen molar-refractivity contribution in [1.29, 1.82) is 0 Å². The second-order valence-electron chi connectivity index (χ2n) is 4.15. The van der Waals surface area contributed by atoms with Crippen molar-refractivity contribution in [2.75, 3.05) is 12.8 Å². The van der Waals surface area contributed by atoms with E-state index in [0.717, 1.165) is 19.5 Å². The number of nitrogens with one attached hydrogen (secondary N) is 1. The summed E-state index contributed by atoms with van der Waals surface area (Å²) in [6, 6.07) is 0. The zero-order valence-electron chi connectivity index (χ0n) is 9.96. The minimum absolute atomic E-state index is 0.309. The van der Waals surface area contributed by atoms with Crippen molar-refractivity contribution in [3.63, 3.8) is 0 Å². The lowest BCUT2D eigenvalue weighted by atomic mass is 10.2. The van der Waals surface area contributed by atoms with Gasteiger partial charge in [-0.2, -0.15) is 11.8 Å². The SMILES string of the molecule is CCc1nc(CNCC(C)(C)SC)cs1. The molecule has 0 saturated carbocycles. The molecule has 0 spiro atoms. The highest BCUT2D eigenvalue weighted by Gasteiger charge is 2.14. The third kappa shape index (κ3) is 4.53. The van der Waals surface area contributed by atoms with E-state index < -0.39 is 0 Å². The zero-order chi connectivity index (χ0) is 11.3. The lowest BCUT2D eigenvalue weighted by Crippen LogP contribution is -2.31. The van der Waals surface area contributed by atoms with Crippen molar-refractivity contribution in [3.05, 3.63) is 16.1 Å². The van der Waals surface area contributed by atoms with Gasteiger partial charge in [-0.1, -0.05) is 6.92 Å². The third-order valence-corrected chi connectivity index (χ3v) is 4.60. The Morgan fingerprint density at radius 2 is 2.27 bits per heavy atom. The van der Waals surface area contributed by atoms with Crippen LogP contribution in [0.2, 0.25) is 0 Å². The van der Waals surface area contributed by atoms with Gasteiger partial charge in [0.15, 0.2) is 0 Å². The Labute approximate surface area is 101 Å². The van der Waals surface area contributed by atoms with Gasteiger partial charge in [0.2, 0.25) is 0 Å². The zero-order valence-corrected chi connectivity index (χ0v) is 11.6. The number of aromatic nitrogens is 1. The largest absolute Gasteiger partial charge is 0.310 e. The van der Waals surface area contributed by atoms with Crippen molar-refractivity contribution in [1.82, 2.24) is 10.3 Å². The maximum atomic E-state index is 4.52. The summed E-state index contributed by atoms with van der Waals surface area (Å²) >= 11 is 3.65. The highest BCUT2D eigenvalue weighted by atomic mass is 32.2. The van der Waals surface area contributed by atoms with Gasteiger partial charge in [-0.15, -0.1) is 11.3 Å². The van der Waals surface area contributed by atoms with Crippen LogP contribution in [-0.4, -0.2) is 22.5 Å². The number of rotatable bonds is 6. The molecule has 1 aromatic heterocycles. The van der Waals surface area contributed by atoms with Gasteiger partial charge in [0.1, 0.15) is 0 Å². The van der Waals surface area contributed by atoms with Crippen LogP contribution >= 0.6 is 23.1 Å². The van der Waals surface area contributed by atoms with E-state index in [1.807, 2.05) is 11.8 Å². The first-order valence-electron chi connectivity index (χ1n) is 5.26. The van der Waals surface area contributed by atoms with Gasteiger partial charge >= 0.3 is 0 Å². The summed E-state index contributed by atoms with van der Waals surface area (Å²) in [5, 5.41) is 6.84. The van der Waals surface area contributed by atoms with Crippen molar-refractivity contribution in [2.45, 2.75) is 38.5 Å². The predicted octanol–water partition coefficient (Wildman–Crippen LogP) is 2.94. The topological polar surface area (TPSA) is 24.9 Å². The van der Waals surface area contributed by atoms with Gasteiger partial charge in [0.05, 0.1) is 10.7 Å². The standard InChI is InChI=1S/C11H20N2S2/c1-5-10-13-9(7-15-10)6-12-8-11(2,3)14-4/h7,12H,5-6,8H2,1-4H3. The Morgan fingerprint density at radius 3 is 2.80 bits per heavy atom. The van der Waals surface area contributed by atoms with E-state index in [9.17, 15) is 0 Å². The van der Waals surface area contributed by atoms with Gasteiger partial charge < -0.3 is 5.32 Å². The molecule has 1 N–H and O–H groups in total. The molecular weight excluding hydrogens is 224 g/mol. The number of hydrogen-bond acceptors (Lipinski definition) is 4. The van der Waals surface area contributed by atoms with Crippen LogP contribution in [0, 0.1) is 0 Å². The van der Waals surface area contributed by atoms with Gasteiger partial charge in [-0.25, -0.2) is 4.98 Å². The molecule has 0 atom stereocenters. The molecule has 86 valence electrons. The smallest absolute Gasteiger partial charge is 0.0926 e. The maximum Gasteiger partial charge on any atom is 0.0926 e. The Balaban J connectivity index is 2.31. The maximum absolute atomic E-state index is 4.52. The summed E-state index contributed by atoms with van der Waals surface area (Å²) in [4.78, 5) is 4.52. The molecule has 1 aromatic rings. The summed E-state index contributed by atoms with van der Waals surface area (Å²) < 4.78 is 0.309. The van der Waals surface area contributed by atoms with Crippen molar-refractivity contribution in [3.8, 4) is 0 Å². The lowest BCUT2D eigenvalue weighted by Gasteiger charge is -2.21. The number of aryl methyl sites for hydroxylation is 1. The van der Waals surface area contributed by atoms with Crippen molar-refractivity contribution in [2.24, 2.45) is 0 Å². The van der Waals surface area contributed by atoms with Crippen LogP contribution < -0.4 is 5.32 Å². The van der Waals surface area contributed by atoms with Crippen LogP contribution in [0.4, 0.5) is 0 Å². The molecule has 1 heterocycles. The number of nitrogens with zero attached hydrogens (tertiary/aromatic N) is 1. The Bertz CT molecular complexity index is 295. The van der Waals surface area contributed by atoms with Crippen molar-refractivity contribution < 1.29 is 0 Å². The van der Waals surface area contributed by atoms with Crippen LogP contribution in [0.5, 0.6) is 0 Å². The molecule has 0 unspecified atom stereocenters. The van der Waals surface area contributed by atoms with Gasteiger partial charge in [0, 0.05) is 23.2 Å². The first-order valence-corrected chi connectivity index (χ1v) is 7.37. The van der Waals surface area contributed by atoms with Crippen LogP contribution in [0.1, 0.15) is 31.5 Å². The third-order valence-electron chi connectivity index (χ3n) is 2.31. The molecular formula is C11H20N2S2. The average molecular weight is 244 g/mol. The molecule has 2 nitrogen and oxygen atoms in total. The predicted molar refractivity (Wildman–Crippen MR) is 70.8 cm³/mol. The quantitative estimate of drug-likeness (QED) is 0.833. The molecule has 1 rings (SSSR count). The van der Waals surface area contributed by atoms with E-state index in [-0.39, 0.29) is 0 Å². The molecule has 0 radical (unpaired) electrons.